The first-order valence-corrected chi connectivity index (χ1v) is 13.6. The van der Waals surface area contributed by atoms with Gasteiger partial charge in [0, 0.05) is 12.3 Å². The van der Waals surface area contributed by atoms with Gasteiger partial charge in [0.05, 0.1) is 10.6 Å². The van der Waals surface area contributed by atoms with E-state index in [2.05, 4.69) is 36.5 Å². The molecule has 180 valence electrons. The molecule has 0 aromatic heterocycles. The first kappa shape index (κ1) is 25.8. The highest BCUT2D eigenvalue weighted by molar-refractivity contribution is 7.98. The number of aryl methyl sites for hydroxylation is 2. The van der Waals surface area contributed by atoms with Gasteiger partial charge >= 0.3 is 0 Å². The molecule has 1 N–H and O–H groups in total. The Kier molecular flexibility index (Phi) is 9.12. The first-order chi connectivity index (χ1) is 16.3. The Labute approximate surface area is 205 Å². The number of carbonyl (C=O) groups is 1. The Hall–Kier alpha value is -2.84. The van der Waals surface area contributed by atoms with Crippen LogP contribution in [0, 0.1) is 19.7 Å². The predicted molar refractivity (Wildman–Crippen MR) is 137 cm³/mol. The number of amides is 1. The second-order valence-corrected chi connectivity index (χ2v) is 11.0. The van der Waals surface area contributed by atoms with Crippen LogP contribution in [0.4, 0.5) is 10.1 Å². The van der Waals surface area contributed by atoms with E-state index in [0.717, 1.165) is 27.8 Å². The lowest BCUT2D eigenvalue weighted by molar-refractivity contribution is -0.119. The number of rotatable bonds is 11. The Morgan fingerprint density at radius 1 is 0.941 bits per heavy atom. The van der Waals surface area contributed by atoms with Crippen LogP contribution >= 0.6 is 11.8 Å². The van der Waals surface area contributed by atoms with Gasteiger partial charge in [-0.25, -0.2) is 12.8 Å². The zero-order valence-corrected chi connectivity index (χ0v) is 21.0. The number of hydrogen-bond acceptors (Lipinski definition) is 4. The fourth-order valence-corrected chi connectivity index (χ4v) is 5.60. The fourth-order valence-electron chi connectivity index (χ4n) is 3.25. The quantitative estimate of drug-likeness (QED) is 0.373. The maximum atomic E-state index is 14.5. The number of sulfonamides is 1. The van der Waals surface area contributed by atoms with Gasteiger partial charge in [-0.1, -0.05) is 59.7 Å². The van der Waals surface area contributed by atoms with E-state index in [1.54, 1.807) is 30.0 Å². The summed E-state index contributed by atoms with van der Waals surface area (Å²) in [6.07, 6.45) is 0.743. The number of nitrogens with zero attached hydrogens (tertiary/aromatic N) is 1. The molecule has 0 aliphatic rings. The van der Waals surface area contributed by atoms with Crippen LogP contribution in [0.3, 0.4) is 0 Å². The van der Waals surface area contributed by atoms with Crippen LogP contribution in [0.2, 0.25) is 0 Å². The number of benzene rings is 3. The van der Waals surface area contributed by atoms with E-state index in [0.29, 0.717) is 6.54 Å². The highest BCUT2D eigenvalue weighted by atomic mass is 32.2. The molecule has 0 radical (unpaired) electrons. The molecule has 5 nitrogen and oxygen atoms in total. The third-order valence-electron chi connectivity index (χ3n) is 5.19. The van der Waals surface area contributed by atoms with Crippen LogP contribution < -0.4 is 9.62 Å². The second kappa shape index (κ2) is 12.0. The molecule has 3 aromatic rings. The summed E-state index contributed by atoms with van der Waals surface area (Å²) in [5.74, 6) is 0.553. The molecular formula is C26H29FN2O3S2. The van der Waals surface area contributed by atoms with Crippen molar-refractivity contribution < 1.29 is 17.6 Å². The summed E-state index contributed by atoms with van der Waals surface area (Å²) in [5.41, 5.74) is 3.22. The number of carbonyl (C=O) groups excluding carboxylic acids is 1. The van der Waals surface area contributed by atoms with Crippen LogP contribution in [-0.2, 0) is 20.6 Å². The van der Waals surface area contributed by atoms with Crippen molar-refractivity contribution >= 4 is 33.4 Å². The van der Waals surface area contributed by atoms with E-state index in [1.165, 1.54) is 41.5 Å². The number of para-hydroxylation sites is 1. The average Bonchev–Trinajstić information content (AvgIpc) is 2.81. The third-order valence-corrected chi connectivity index (χ3v) is 8.08. The highest BCUT2D eigenvalue weighted by Gasteiger charge is 2.29. The zero-order valence-electron chi connectivity index (χ0n) is 19.3. The Balaban J connectivity index is 1.59. The van der Waals surface area contributed by atoms with E-state index >= 15 is 0 Å². The van der Waals surface area contributed by atoms with Crippen molar-refractivity contribution in [2.24, 2.45) is 0 Å². The summed E-state index contributed by atoms with van der Waals surface area (Å²) >= 11 is 1.77. The molecule has 3 aromatic carbocycles. The topological polar surface area (TPSA) is 66.5 Å². The van der Waals surface area contributed by atoms with Gasteiger partial charge in [-0.05, 0) is 55.9 Å². The van der Waals surface area contributed by atoms with Crippen LogP contribution in [0.25, 0.3) is 0 Å². The third kappa shape index (κ3) is 7.08. The molecule has 0 unspecified atom stereocenters. The molecule has 0 bridgehead atoms. The minimum Gasteiger partial charge on any atom is -0.354 e. The molecule has 3 rings (SSSR count). The van der Waals surface area contributed by atoms with E-state index in [1.807, 2.05) is 6.92 Å². The van der Waals surface area contributed by atoms with E-state index in [9.17, 15) is 17.6 Å². The lowest BCUT2D eigenvalue weighted by Gasteiger charge is -2.24. The maximum Gasteiger partial charge on any atom is 0.264 e. The number of halogens is 1. The van der Waals surface area contributed by atoms with E-state index in [4.69, 9.17) is 0 Å². The van der Waals surface area contributed by atoms with Crippen molar-refractivity contribution in [2.75, 3.05) is 23.1 Å². The second-order valence-electron chi connectivity index (χ2n) is 8.02. The van der Waals surface area contributed by atoms with Crippen molar-refractivity contribution in [3.63, 3.8) is 0 Å². The summed E-state index contributed by atoms with van der Waals surface area (Å²) in [4.78, 5) is 12.6. The Morgan fingerprint density at radius 3 is 2.21 bits per heavy atom. The van der Waals surface area contributed by atoms with Gasteiger partial charge in [-0.3, -0.25) is 9.10 Å². The molecule has 0 saturated heterocycles. The summed E-state index contributed by atoms with van der Waals surface area (Å²) < 4.78 is 41.9. The average molecular weight is 501 g/mol. The van der Waals surface area contributed by atoms with Crippen LogP contribution in [0.5, 0.6) is 0 Å². The normalized spacial score (nSPS) is 11.3. The molecule has 34 heavy (non-hydrogen) atoms. The lowest BCUT2D eigenvalue weighted by atomic mass is 10.2. The number of anilines is 1. The van der Waals surface area contributed by atoms with Gasteiger partial charge in [-0.15, -0.1) is 0 Å². The van der Waals surface area contributed by atoms with Crippen LogP contribution in [-0.4, -0.2) is 33.2 Å². The molecular weight excluding hydrogens is 471 g/mol. The molecule has 0 saturated carbocycles. The summed E-state index contributed by atoms with van der Waals surface area (Å²) in [6, 6.07) is 20.2. The van der Waals surface area contributed by atoms with Gasteiger partial charge < -0.3 is 5.32 Å². The minimum absolute atomic E-state index is 0.00154. The van der Waals surface area contributed by atoms with Gasteiger partial charge in [0.1, 0.15) is 12.4 Å². The largest absolute Gasteiger partial charge is 0.354 e. The van der Waals surface area contributed by atoms with E-state index < -0.39 is 28.3 Å². The van der Waals surface area contributed by atoms with Crippen molar-refractivity contribution in [1.82, 2.24) is 5.32 Å². The molecule has 1 amide bonds. The Bertz CT molecular complexity index is 1200. The number of hydrogen-bond donors (Lipinski definition) is 1. The molecule has 0 heterocycles. The van der Waals surface area contributed by atoms with Crippen molar-refractivity contribution in [3.05, 3.63) is 95.3 Å². The number of thioether (sulfide) groups is 1. The van der Waals surface area contributed by atoms with Gasteiger partial charge in [0.25, 0.3) is 10.0 Å². The summed E-state index contributed by atoms with van der Waals surface area (Å²) in [5, 5.41) is 2.76. The van der Waals surface area contributed by atoms with Crippen LogP contribution in [0.1, 0.15) is 23.1 Å². The predicted octanol–water partition coefficient (Wildman–Crippen LogP) is 5.08. The van der Waals surface area contributed by atoms with E-state index in [-0.39, 0.29) is 10.6 Å². The molecule has 0 fully saturated rings. The van der Waals surface area contributed by atoms with Gasteiger partial charge in [0.2, 0.25) is 5.91 Å². The number of nitrogens with one attached hydrogen (secondary N) is 1. The van der Waals surface area contributed by atoms with Crippen molar-refractivity contribution in [3.8, 4) is 0 Å². The standard InChI is InChI=1S/C26H29FN2O3S2/c1-20-8-12-22(13-9-20)19-33-17-5-16-28-26(30)18-29(25-7-4-3-6-24(25)27)34(31,32)23-14-10-21(2)11-15-23/h3-4,6-15H,5,16-19H2,1-2H3,(H,28,30). The summed E-state index contributed by atoms with van der Waals surface area (Å²) in [7, 11) is -4.13. The monoisotopic (exact) mass is 500 g/mol. The first-order valence-electron chi connectivity index (χ1n) is 11.0. The lowest BCUT2D eigenvalue weighted by Crippen LogP contribution is -2.41. The zero-order chi connectivity index (χ0) is 24.6. The summed E-state index contributed by atoms with van der Waals surface area (Å²) in [6.45, 7) is 3.81. The van der Waals surface area contributed by atoms with Crippen LogP contribution in [0.15, 0.2) is 77.7 Å². The van der Waals surface area contributed by atoms with Crippen molar-refractivity contribution in [2.45, 2.75) is 30.9 Å². The van der Waals surface area contributed by atoms with Gasteiger partial charge in [0.15, 0.2) is 0 Å². The minimum atomic E-state index is -4.13. The molecule has 0 spiro atoms. The molecule has 8 heteroatoms. The maximum absolute atomic E-state index is 14.5. The smallest absolute Gasteiger partial charge is 0.264 e. The molecule has 0 aliphatic heterocycles. The molecule has 0 atom stereocenters. The SMILES string of the molecule is Cc1ccc(CSCCCNC(=O)CN(c2ccccc2F)S(=O)(=O)c2ccc(C)cc2)cc1. The van der Waals surface area contributed by atoms with Gasteiger partial charge in [-0.2, -0.15) is 11.8 Å². The fraction of sp³-hybridized carbons (Fsp3) is 0.269. The van der Waals surface area contributed by atoms with Crippen molar-refractivity contribution in [1.29, 1.82) is 0 Å². The Morgan fingerprint density at radius 2 is 1.56 bits per heavy atom. The highest BCUT2D eigenvalue weighted by Crippen LogP contribution is 2.26. The molecule has 0 aliphatic carbocycles.